The highest BCUT2D eigenvalue weighted by molar-refractivity contribution is 7.99. The second kappa shape index (κ2) is 9.26. The quantitative estimate of drug-likeness (QED) is 0.382. The second-order valence-electron chi connectivity index (χ2n) is 5.11. The molecular formula is C14H26N2O2S. The van der Waals surface area contributed by atoms with Gasteiger partial charge in [-0.15, -0.1) is 6.58 Å². The van der Waals surface area contributed by atoms with E-state index in [1.807, 2.05) is 6.08 Å². The van der Waals surface area contributed by atoms with Crippen molar-refractivity contribution >= 4 is 17.8 Å². The number of thioether (sulfide) groups is 1. The van der Waals surface area contributed by atoms with E-state index in [9.17, 15) is 9.90 Å². The molecule has 0 atom stereocenters. The maximum absolute atomic E-state index is 11.6. The topological polar surface area (TPSA) is 61.4 Å². The van der Waals surface area contributed by atoms with Gasteiger partial charge in [0.1, 0.15) is 0 Å². The third-order valence-electron chi connectivity index (χ3n) is 3.38. The predicted molar refractivity (Wildman–Crippen MR) is 81.6 cm³/mol. The van der Waals surface area contributed by atoms with E-state index in [1.165, 1.54) is 12.8 Å². The summed E-state index contributed by atoms with van der Waals surface area (Å²) in [6.07, 6.45) is 7.93. The van der Waals surface area contributed by atoms with Gasteiger partial charge in [-0.25, -0.2) is 4.79 Å². The van der Waals surface area contributed by atoms with E-state index in [4.69, 9.17) is 0 Å². The van der Waals surface area contributed by atoms with Crippen LogP contribution >= 0.6 is 11.8 Å². The number of urea groups is 1. The summed E-state index contributed by atoms with van der Waals surface area (Å²) in [6.45, 7) is 4.64. The van der Waals surface area contributed by atoms with Crippen LogP contribution in [0.4, 0.5) is 4.79 Å². The fourth-order valence-electron chi connectivity index (χ4n) is 2.27. The normalized spacial score (nSPS) is 18.4. The summed E-state index contributed by atoms with van der Waals surface area (Å²) in [7, 11) is 0. The maximum Gasteiger partial charge on any atom is 0.314 e. The van der Waals surface area contributed by atoms with Crippen LogP contribution in [0, 0.1) is 0 Å². The minimum atomic E-state index is -0.703. The van der Waals surface area contributed by atoms with Crippen molar-refractivity contribution < 1.29 is 9.90 Å². The Labute approximate surface area is 120 Å². The van der Waals surface area contributed by atoms with Crippen molar-refractivity contribution in [2.24, 2.45) is 0 Å². The first-order chi connectivity index (χ1) is 9.16. The lowest BCUT2D eigenvalue weighted by atomic mass is 9.95. The van der Waals surface area contributed by atoms with Crippen LogP contribution in [0.3, 0.4) is 0 Å². The van der Waals surface area contributed by atoms with Crippen LogP contribution in [0.25, 0.3) is 0 Å². The first-order valence-corrected chi connectivity index (χ1v) is 8.24. The van der Waals surface area contributed by atoms with Gasteiger partial charge in [0.15, 0.2) is 0 Å². The summed E-state index contributed by atoms with van der Waals surface area (Å²) in [5, 5.41) is 16.0. The van der Waals surface area contributed by atoms with Crippen LogP contribution in [-0.4, -0.2) is 41.3 Å². The van der Waals surface area contributed by atoms with Crippen molar-refractivity contribution in [3.63, 3.8) is 0 Å². The monoisotopic (exact) mass is 286 g/mol. The smallest absolute Gasteiger partial charge is 0.314 e. The van der Waals surface area contributed by atoms with Gasteiger partial charge in [0.2, 0.25) is 0 Å². The Hall–Kier alpha value is -0.680. The maximum atomic E-state index is 11.6. The number of hydrogen-bond donors (Lipinski definition) is 3. The molecule has 0 spiro atoms. The first-order valence-electron chi connectivity index (χ1n) is 7.09. The van der Waals surface area contributed by atoms with Crippen molar-refractivity contribution in [1.29, 1.82) is 0 Å². The van der Waals surface area contributed by atoms with Crippen LogP contribution in [0.2, 0.25) is 0 Å². The molecule has 2 amide bonds. The summed E-state index contributed by atoms with van der Waals surface area (Å²) in [5.41, 5.74) is -0.703. The Morgan fingerprint density at radius 3 is 2.58 bits per heavy atom. The minimum Gasteiger partial charge on any atom is -0.388 e. The molecule has 5 heteroatoms. The van der Waals surface area contributed by atoms with Crippen molar-refractivity contribution in [1.82, 2.24) is 10.6 Å². The second-order valence-corrected chi connectivity index (χ2v) is 6.26. The molecule has 1 aliphatic carbocycles. The lowest BCUT2D eigenvalue weighted by Crippen LogP contribution is -2.46. The van der Waals surface area contributed by atoms with E-state index in [-0.39, 0.29) is 6.03 Å². The van der Waals surface area contributed by atoms with Crippen LogP contribution in [-0.2, 0) is 0 Å². The Kier molecular flexibility index (Phi) is 7.98. The standard InChI is InChI=1S/C14H26N2O2S/c1-2-10-19-11-9-15-13(17)16-12-14(18)7-5-3-4-6-8-14/h2,18H,1,3-12H2,(H2,15,16,17). The third kappa shape index (κ3) is 7.47. The van der Waals surface area contributed by atoms with Crippen LogP contribution in [0.1, 0.15) is 38.5 Å². The molecule has 1 saturated carbocycles. The predicted octanol–water partition coefficient (Wildman–Crippen LogP) is 2.29. The molecule has 0 unspecified atom stereocenters. The van der Waals surface area contributed by atoms with Gasteiger partial charge in [-0.05, 0) is 12.8 Å². The summed E-state index contributed by atoms with van der Waals surface area (Å²) in [4.78, 5) is 11.6. The molecule has 4 nitrogen and oxygen atoms in total. The average molecular weight is 286 g/mol. The van der Waals surface area contributed by atoms with Gasteiger partial charge in [-0.3, -0.25) is 0 Å². The number of amides is 2. The van der Waals surface area contributed by atoms with Crippen LogP contribution in [0.5, 0.6) is 0 Å². The van der Waals surface area contributed by atoms with Gasteiger partial charge in [-0.2, -0.15) is 11.8 Å². The van der Waals surface area contributed by atoms with E-state index in [0.29, 0.717) is 13.1 Å². The fraction of sp³-hybridized carbons (Fsp3) is 0.786. The molecule has 1 aliphatic rings. The lowest BCUT2D eigenvalue weighted by molar-refractivity contribution is 0.0277. The molecule has 0 radical (unpaired) electrons. The number of aliphatic hydroxyl groups is 1. The van der Waals surface area contributed by atoms with Gasteiger partial charge >= 0.3 is 6.03 Å². The SMILES string of the molecule is C=CCSCCNC(=O)NCC1(O)CCCCCC1. The molecule has 0 aromatic heterocycles. The van der Waals surface area contributed by atoms with Crippen molar-refractivity contribution in [2.45, 2.75) is 44.1 Å². The van der Waals surface area contributed by atoms with Crippen LogP contribution < -0.4 is 10.6 Å². The van der Waals surface area contributed by atoms with E-state index in [2.05, 4.69) is 17.2 Å². The molecule has 0 aromatic carbocycles. The summed E-state index contributed by atoms with van der Waals surface area (Å²) in [5.74, 6) is 1.78. The van der Waals surface area contributed by atoms with Gasteiger partial charge in [0.25, 0.3) is 0 Å². The lowest BCUT2D eigenvalue weighted by Gasteiger charge is -2.26. The summed E-state index contributed by atoms with van der Waals surface area (Å²) in [6, 6.07) is -0.183. The third-order valence-corrected chi connectivity index (χ3v) is 4.34. The zero-order chi connectivity index (χ0) is 14.0. The molecule has 1 rings (SSSR count). The molecule has 0 bridgehead atoms. The van der Waals surface area contributed by atoms with Crippen molar-refractivity contribution in [2.75, 3.05) is 24.6 Å². The number of hydrogen-bond acceptors (Lipinski definition) is 3. The molecule has 0 saturated heterocycles. The summed E-state index contributed by atoms with van der Waals surface area (Å²) >= 11 is 1.73. The fourth-order valence-corrected chi connectivity index (χ4v) is 2.85. The van der Waals surface area contributed by atoms with Crippen LogP contribution in [0.15, 0.2) is 12.7 Å². The zero-order valence-electron chi connectivity index (χ0n) is 11.6. The van der Waals surface area contributed by atoms with Crippen molar-refractivity contribution in [3.05, 3.63) is 12.7 Å². The van der Waals surface area contributed by atoms with Gasteiger partial charge in [0.05, 0.1) is 5.60 Å². The Morgan fingerprint density at radius 2 is 1.95 bits per heavy atom. The molecule has 0 aromatic rings. The van der Waals surface area contributed by atoms with Crippen molar-refractivity contribution in [3.8, 4) is 0 Å². The molecule has 110 valence electrons. The molecule has 0 aliphatic heterocycles. The minimum absolute atomic E-state index is 0.183. The Balaban J connectivity index is 2.12. The molecule has 3 N–H and O–H groups in total. The highest BCUT2D eigenvalue weighted by Crippen LogP contribution is 2.26. The highest BCUT2D eigenvalue weighted by atomic mass is 32.2. The Bertz CT molecular complexity index is 277. The largest absolute Gasteiger partial charge is 0.388 e. The number of rotatable bonds is 7. The van der Waals surface area contributed by atoms with E-state index >= 15 is 0 Å². The first kappa shape index (κ1) is 16.4. The average Bonchev–Trinajstić information content (AvgIpc) is 2.62. The van der Waals surface area contributed by atoms with E-state index in [1.54, 1.807) is 11.8 Å². The molecule has 19 heavy (non-hydrogen) atoms. The molecule has 1 fully saturated rings. The van der Waals surface area contributed by atoms with Gasteiger partial charge in [-0.1, -0.05) is 31.8 Å². The number of carbonyl (C=O) groups excluding carboxylic acids is 1. The van der Waals surface area contributed by atoms with Gasteiger partial charge in [0, 0.05) is 24.6 Å². The van der Waals surface area contributed by atoms with E-state index < -0.39 is 5.60 Å². The number of nitrogens with one attached hydrogen (secondary N) is 2. The molecular weight excluding hydrogens is 260 g/mol. The zero-order valence-corrected chi connectivity index (χ0v) is 12.4. The Morgan fingerprint density at radius 1 is 1.26 bits per heavy atom. The molecule has 0 heterocycles. The number of carbonyl (C=O) groups is 1. The summed E-state index contributed by atoms with van der Waals surface area (Å²) < 4.78 is 0. The van der Waals surface area contributed by atoms with E-state index in [0.717, 1.165) is 37.2 Å². The highest BCUT2D eigenvalue weighted by Gasteiger charge is 2.28. The van der Waals surface area contributed by atoms with Gasteiger partial charge < -0.3 is 15.7 Å².